The van der Waals surface area contributed by atoms with E-state index in [0.717, 1.165) is 38.3 Å². The van der Waals surface area contributed by atoms with Crippen molar-refractivity contribution < 1.29 is 14.3 Å². The van der Waals surface area contributed by atoms with Gasteiger partial charge in [-0.2, -0.15) is 0 Å². The number of ether oxygens (including phenoxy) is 2. The van der Waals surface area contributed by atoms with Gasteiger partial charge in [0.1, 0.15) is 0 Å². The van der Waals surface area contributed by atoms with E-state index in [0.29, 0.717) is 11.5 Å². The zero-order chi connectivity index (χ0) is 20.8. The minimum absolute atomic E-state index is 0.355. The van der Waals surface area contributed by atoms with Crippen LogP contribution >= 0.6 is 0 Å². The average molecular weight is 395 g/mol. The van der Waals surface area contributed by atoms with Crippen molar-refractivity contribution in [2.75, 3.05) is 44.7 Å². The highest BCUT2D eigenvalue weighted by atomic mass is 16.6. The van der Waals surface area contributed by atoms with E-state index < -0.39 is 0 Å². The quantitative estimate of drug-likeness (QED) is 0.546. The molecule has 0 spiro atoms. The molecule has 0 aromatic heterocycles. The van der Waals surface area contributed by atoms with Crippen molar-refractivity contribution in [3.05, 3.63) is 59.2 Å². The van der Waals surface area contributed by atoms with Crippen LogP contribution in [0.1, 0.15) is 23.6 Å². The zero-order valence-corrected chi connectivity index (χ0v) is 17.8. The Hall–Kier alpha value is -2.79. The summed E-state index contributed by atoms with van der Waals surface area (Å²) in [5.74, 6) is 0.649. The molecular formula is C24H30N2O3. The molecule has 3 rings (SSSR count). The molecule has 0 amide bonds. The van der Waals surface area contributed by atoms with E-state index in [1.54, 1.807) is 13.2 Å². The molecule has 1 heterocycles. The van der Waals surface area contributed by atoms with Crippen molar-refractivity contribution in [1.29, 1.82) is 0 Å². The van der Waals surface area contributed by atoms with Crippen molar-refractivity contribution in [2.45, 2.75) is 20.8 Å². The minimum atomic E-state index is -0.355. The number of hydrogen-bond acceptors (Lipinski definition) is 5. The summed E-state index contributed by atoms with van der Waals surface area (Å²) < 4.78 is 10.5. The summed E-state index contributed by atoms with van der Waals surface area (Å²) in [7, 11) is 1.57. The second kappa shape index (κ2) is 9.61. The van der Waals surface area contributed by atoms with Gasteiger partial charge in [-0.15, -0.1) is 0 Å². The number of aryl methyl sites for hydroxylation is 2. The fourth-order valence-electron chi connectivity index (χ4n) is 3.70. The third-order valence-electron chi connectivity index (χ3n) is 5.18. The largest absolute Gasteiger partial charge is 0.493 e. The van der Waals surface area contributed by atoms with Gasteiger partial charge in [-0.25, -0.2) is 0 Å². The van der Waals surface area contributed by atoms with Crippen molar-refractivity contribution in [3.8, 4) is 11.5 Å². The Morgan fingerprint density at radius 3 is 2.45 bits per heavy atom. The summed E-state index contributed by atoms with van der Waals surface area (Å²) in [5, 5.41) is 0. The van der Waals surface area contributed by atoms with Gasteiger partial charge in [-0.1, -0.05) is 35.9 Å². The SMILES string of the molecule is COc1cc(C=CCN2CCN(c3ccc(C)cc3C)CC2)ccc1OC(C)=O. The second-order valence-corrected chi connectivity index (χ2v) is 7.48. The van der Waals surface area contributed by atoms with Gasteiger partial charge in [-0.3, -0.25) is 9.69 Å². The number of esters is 1. The predicted octanol–water partition coefficient (Wildman–Crippen LogP) is 4.07. The number of piperazine rings is 1. The molecule has 154 valence electrons. The summed E-state index contributed by atoms with van der Waals surface area (Å²) in [6, 6.07) is 12.3. The number of carbonyl (C=O) groups excluding carboxylic acids is 1. The first-order valence-corrected chi connectivity index (χ1v) is 10.0. The number of benzene rings is 2. The standard InChI is InChI=1S/C24H30N2O3/c1-18-7-9-22(19(2)16-18)26-14-12-25(13-15-26)11-5-6-21-8-10-23(29-20(3)27)24(17-21)28-4/h5-10,16-17H,11-15H2,1-4H3. The van der Waals surface area contributed by atoms with E-state index in [9.17, 15) is 4.79 Å². The van der Waals surface area contributed by atoms with E-state index in [4.69, 9.17) is 9.47 Å². The molecule has 5 nitrogen and oxygen atoms in total. The third-order valence-corrected chi connectivity index (χ3v) is 5.18. The Morgan fingerprint density at radius 1 is 1.03 bits per heavy atom. The maximum absolute atomic E-state index is 11.2. The lowest BCUT2D eigenvalue weighted by molar-refractivity contribution is -0.132. The van der Waals surface area contributed by atoms with E-state index in [-0.39, 0.29) is 5.97 Å². The molecule has 0 bridgehead atoms. The zero-order valence-electron chi connectivity index (χ0n) is 17.8. The molecule has 2 aromatic carbocycles. The van der Waals surface area contributed by atoms with Crippen molar-refractivity contribution in [2.24, 2.45) is 0 Å². The van der Waals surface area contributed by atoms with Crippen LogP contribution in [0.4, 0.5) is 5.69 Å². The molecular weight excluding hydrogens is 364 g/mol. The van der Waals surface area contributed by atoms with E-state index >= 15 is 0 Å². The van der Waals surface area contributed by atoms with Gasteiger partial charge in [0.05, 0.1) is 7.11 Å². The monoisotopic (exact) mass is 394 g/mol. The Balaban J connectivity index is 1.53. The van der Waals surface area contributed by atoms with Crippen molar-refractivity contribution >= 4 is 17.7 Å². The lowest BCUT2D eigenvalue weighted by atomic mass is 10.1. The fourth-order valence-corrected chi connectivity index (χ4v) is 3.70. The first-order chi connectivity index (χ1) is 14.0. The van der Waals surface area contributed by atoms with Gasteiger partial charge < -0.3 is 14.4 Å². The second-order valence-electron chi connectivity index (χ2n) is 7.48. The normalized spacial score (nSPS) is 15.0. The smallest absolute Gasteiger partial charge is 0.308 e. The number of hydrogen-bond donors (Lipinski definition) is 0. The Labute approximate surface area is 173 Å². The maximum Gasteiger partial charge on any atom is 0.308 e. The Morgan fingerprint density at radius 2 is 1.79 bits per heavy atom. The Bertz CT molecular complexity index is 884. The topological polar surface area (TPSA) is 42.0 Å². The van der Waals surface area contributed by atoms with Crippen LogP contribution in [0.2, 0.25) is 0 Å². The molecule has 0 aliphatic carbocycles. The third kappa shape index (κ3) is 5.61. The number of rotatable bonds is 6. The van der Waals surface area contributed by atoms with Crippen LogP contribution in [0.15, 0.2) is 42.5 Å². The molecule has 0 saturated carbocycles. The highest BCUT2D eigenvalue weighted by Gasteiger charge is 2.17. The van der Waals surface area contributed by atoms with E-state index in [1.807, 2.05) is 12.1 Å². The van der Waals surface area contributed by atoms with Gasteiger partial charge >= 0.3 is 5.97 Å². The lowest BCUT2D eigenvalue weighted by Gasteiger charge is -2.36. The van der Waals surface area contributed by atoms with Crippen LogP contribution in [0.5, 0.6) is 11.5 Å². The molecule has 0 radical (unpaired) electrons. The fraction of sp³-hybridized carbons (Fsp3) is 0.375. The van der Waals surface area contributed by atoms with Crippen LogP contribution in [-0.4, -0.2) is 50.7 Å². The molecule has 0 unspecified atom stereocenters. The number of nitrogens with zero attached hydrogens (tertiary/aromatic N) is 2. The molecule has 1 saturated heterocycles. The van der Waals surface area contributed by atoms with Crippen molar-refractivity contribution in [1.82, 2.24) is 4.90 Å². The molecule has 1 fully saturated rings. The number of methoxy groups -OCH3 is 1. The molecule has 5 heteroatoms. The average Bonchev–Trinajstić information content (AvgIpc) is 2.69. The van der Waals surface area contributed by atoms with E-state index in [2.05, 4.69) is 54.0 Å². The molecule has 1 aliphatic heterocycles. The van der Waals surface area contributed by atoms with Gasteiger partial charge in [0.15, 0.2) is 11.5 Å². The highest BCUT2D eigenvalue weighted by Crippen LogP contribution is 2.28. The first-order valence-electron chi connectivity index (χ1n) is 10.0. The Kier molecular flexibility index (Phi) is 6.94. The van der Waals surface area contributed by atoms with Gasteiger partial charge in [0, 0.05) is 45.3 Å². The number of anilines is 1. The van der Waals surface area contributed by atoms with Gasteiger partial charge in [0.2, 0.25) is 0 Å². The molecule has 2 aromatic rings. The predicted molar refractivity (Wildman–Crippen MR) is 118 cm³/mol. The van der Waals surface area contributed by atoms with Gasteiger partial charge in [0.25, 0.3) is 0 Å². The number of carbonyl (C=O) groups is 1. The van der Waals surface area contributed by atoms with Crippen LogP contribution < -0.4 is 14.4 Å². The first kappa shape index (κ1) is 20.9. The molecule has 0 N–H and O–H groups in total. The molecule has 1 aliphatic rings. The summed E-state index contributed by atoms with van der Waals surface area (Å²) in [4.78, 5) is 16.1. The summed E-state index contributed by atoms with van der Waals surface area (Å²) in [6.45, 7) is 10.8. The molecule has 29 heavy (non-hydrogen) atoms. The van der Waals surface area contributed by atoms with Gasteiger partial charge in [-0.05, 0) is 43.2 Å². The summed E-state index contributed by atoms with van der Waals surface area (Å²) in [5.41, 5.74) is 5.04. The minimum Gasteiger partial charge on any atom is -0.493 e. The van der Waals surface area contributed by atoms with Crippen molar-refractivity contribution in [3.63, 3.8) is 0 Å². The summed E-state index contributed by atoms with van der Waals surface area (Å²) in [6.07, 6.45) is 4.25. The van der Waals surface area contributed by atoms with Crippen LogP contribution in [0.3, 0.4) is 0 Å². The summed E-state index contributed by atoms with van der Waals surface area (Å²) >= 11 is 0. The van der Waals surface area contributed by atoms with Crippen LogP contribution in [0, 0.1) is 13.8 Å². The maximum atomic E-state index is 11.2. The highest BCUT2D eigenvalue weighted by molar-refractivity contribution is 5.71. The molecule has 0 atom stereocenters. The lowest BCUT2D eigenvalue weighted by Crippen LogP contribution is -2.46. The van der Waals surface area contributed by atoms with Crippen LogP contribution in [0.25, 0.3) is 6.08 Å². The van der Waals surface area contributed by atoms with Crippen LogP contribution in [-0.2, 0) is 4.79 Å². The van der Waals surface area contributed by atoms with E-state index in [1.165, 1.54) is 23.7 Å².